The average Bonchev–Trinajstić information content (AvgIpc) is 1.99. The van der Waals surface area contributed by atoms with Crippen LogP contribution in [0.5, 0.6) is 0 Å². The van der Waals surface area contributed by atoms with Crippen LogP contribution < -0.4 is 5.56 Å². The molecule has 1 aromatic rings. The minimum absolute atomic E-state index is 0.112. The molecule has 1 rings (SSSR count). The van der Waals surface area contributed by atoms with Gasteiger partial charge in [0.1, 0.15) is 0 Å². The zero-order valence-electron chi connectivity index (χ0n) is 6.63. The maximum absolute atomic E-state index is 10.9. The quantitative estimate of drug-likeness (QED) is 0.460. The molecular weight excluding hydrogens is 196 g/mol. The van der Waals surface area contributed by atoms with Crippen LogP contribution in [0.2, 0.25) is 0 Å². The van der Waals surface area contributed by atoms with Gasteiger partial charge in [0.05, 0.1) is 0 Å². The van der Waals surface area contributed by atoms with Gasteiger partial charge in [0.15, 0.2) is 5.16 Å². The Hall–Kier alpha value is -0.480. The van der Waals surface area contributed by atoms with Crippen LogP contribution in [0, 0.1) is 6.92 Å². The highest BCUT2D eigenvalue weighted by atomic mass is 35.5. The van der Waals surface area contributed by atoms with E-state index in [-0.39, 0.29) is 5.56 Å². The summed E-state index contributed by atoms with van der Waals surface area (Å²) < 4.78 is 0. The van der Waals surface area contributed by atoms with E-state index in [1.807, 2.05) is 0 Å². The van der Waals surface area contributed by atoms with E-state index in [9.17, 15) is 4.79 Å². The Morgan fingerprint density at radius 1 is 1.75 bits per heavy atom. The van der Waals surface area contributed by atoms with Crippen LogP contribution >= 0.6 is 23.4 Å². The second kappa shape index (κ2) is 4.52. The van der Waals surface area contributed by atoms with Crippen molar-refractivity contribution in [3.63, 3.8) is 0 Å². The van der Waals surface area contributed by atoms with Gasteiger partial charge in [-0.15, -0.1) is 11.6 Å². The fraction of sp³-hybridized carbons (Fsp3) is 0.429. The zero-order valence-corrected chi connectivity index (χ0v) is 8.21. The Morgan fingerprint density at radius 3 is 3.08 bits per heavy atom. The third-order valence-corrected chi connectivity index (χ3v) is 2.45. The average molecular weight is 205 g/mol. The van der Waals surface area contributed by atoms with Gasteiger partial charge in [-0.1, -0.05) is 11.8 Å². The molecule has 5 heteroatoms. The molecule has 3 nitrogen and oxygen atoms in total. The molecule has 0 aliphatic rings. The summed E-state index contributed by atoms with van der Waals surface area (Å²) in [6, 6.07) is 1.46. The molecule has 12 heavy (non-hydrogen) atoms. The lowest BCUT2D eigenvalue weighted by molar-refractivity contribution is 0.906. The highest BCUT2D eigenvalue weighted by Crippen LogP contribution is 2.10. The molecule has 1 aromatic heterocycles. The van der Waals surface area contributed by atoms with E-state index in [0.29, 0.717) is 11.0 Å². The number of hydrogen-bond donors (Lipinski definition) is 1. The zero-order chi connectivity index (χ0) is 8.97. The van der Waals surface area contributed by atoms with E-state index in [4.69, 9.17) is 11.6 Å². The van der Waals surface area contributed by atoms with Crippen molar-refractivity contribution in [3.05, 3.63) is 22.1 Å². The number of aromatic amines is 1. The summed E-state index contributed by atoms with van der Waals surface area (Å²) in [6.07, 6.45) is 0. The van der Waals surface area contributed by atoms with Crippen molar-refractivity contribution < 1.29 is 0 Å². The number of alkyl halides is 1. The molecule has 0 radical (unpaired) electrons. The maximum Gasteiger partial charge on any atom is 0.251 e. The van der Waals surface area contributed by atoms with Gasteiger partial charge in [-0.05, 0) is 6.92 Å². The third kappa shape index (κ3) is 2.87. The molecule has 0 aliphatic carbocycles. The first-order chi connectivity index (χ1) is 5.72. The van der Waals surface area contributed by atoms with Crippen molar-refractivity contribution in [1.29, 1.82) is 0 Å². The van der Waals surface area contributed by atoms with Gasteiger partial charge in [0.25, 0.3) is 5.56 Å². The highest BCUT2D eigenvalue weighted by molar-refractivity contribution is 7.99. The molecular formula is C7H9ClN2OS. The van der Waals surface area contributed by atoms with Crippen molar-refractivity contribution >= 4 is 23.4 Å². The molecule has 1 N–H and O–H groups in total. The second-order valence-electron chi connectivity index (χ2n) is 2.23. The first kappa shape index (κ1) is 9.61. The Bertz CT molecular complexity index is 313. The molecule has 0 amide bonds. The normalized spacial score (nSPS) is 10.2. The van der Waals surface area contributed by atoms with E-state index < -0.39 is 0 Å². The third-order valence-electron chi connectivity index (χ3n) is 1.16. The summed E-state index contributed by atoms with van der Waals surface area (Å²) in [4.78, 5) is 17.7. The first-order valence-corrected chi connectivity index (χ1v) is 5.01. The fourth-order valence-corrected chi connectivity index (χ4v) is 1.64. The van der Waals surface area contributed by atoms with Crippen LogP contribution in [0.15, 0.2) is 16.0 Å². The standard InChI is InChI=1S/C7H9ClN2OS/c1-5-4-6(11)10-7(9-5)12-3-2-8/h4H,2-3H2,1H3,(H,9,10,11). The van der Waals surface area contributed by atoms with Crippen molar-refractivity contribution in [2.75, 3.05) is 11.6 Å². The van der Waals surface area contributed by atoms with Gasteiger partial charge >= 0.3 is 0 Å². The van der Waals surface area contributed by atoms with Crippen molar-refractivity contribution in [3.8, 4) is 0 Å². The first-order valence-electron chi connectivity index (χ1n) is 3.49. The number of aromatic nitrogens is 2. The monoisotopic (exact) mass is 204 g/mol. The molecule has 0 atom stereocenters. The van der Waals surface area contributed by atoms with E-state index in [1.54, 1.807) is 6.92 Å². The summed E-state index contributed by atoms with van der Waals surface area (Å²) in [6.45, 7) is 1.79. The van der Waals surface area contributed by atoms with E-state index >= 15 is 0 Å². The fourth-order valence-electron chi connectivity index (χ4n) is 0.755. The number of aryl methyl sites for hydroxylation is 1. The second-order valence-corrected chi connectivity index (χ2v) is 3.69. The van der Waals surface area contributed by atoms with Crippen LogP contribution in [-0.2, 0) is 0 Å². The molecule has 0 fully saturated rings. The van der Waals surface area contributed by atoms with Crippen LogP contribution in [0.25, 0.3) is 0 Å². The Labute approximate surface area is 79.6 Å². The van der Waals surface area contributed by atoms with Gasteiger partial charge in [-0.25, -0.2) is 4.98 Å². The molecule has 0 aromatic carbocycles. The number of nitrogens with one attached hydrogen (secondary N) is 1. The SMILES string of the molecule is Cc1cc(=O)[nH]c(SCCCl)n1. The summed E-state index contributed by atoms with van der Waals surface area (Å²) in [7, 11) is 0. The Morgan fingerprint density at radius 2 is 2.50 bits per heavy atom. The molecule has 1 heterocycles. The smallest absolute Gasteiger partial charge is 0.251 e. The van der Waals surface area contributed by atoms with Crippen LogP contribution in [0.3, 0.4) is 0 Å². The van der Waals surface area contributed by atoms with Gasteiger partial charge in [0, 0.05) is 23.4 Å². The lowest BCUT2D eigenvalue weighted by Crippen LogP contribution is -2.08. The largest absolute Gasteiger partial charge is 0.301 e. The van der Waals surface area contributed by atoms with Gasteiger partial charge in [0.2, 0.25) is 0 Å². The maximum atomic E-state index is 10.9. The van der Waals surface area contributed by atoms with Crippen molar-refractivity contribution in [1.82, 2.24) is 9.97 Å². The Balaban J connectivity index is 2.79. The van der Waals surface area contributed by atoms with E-state index in [1.165, 1.54) is 17.8 Å². The number of nitrogens with zero attached hydrogens (tertiary/aromatic N) is 1. The molecule has 0 saturated heterocycles. The predicted octanol–water partition coefficient (Wildman–Crippen LogP) is 1.41. The number of thioether (sulfide) groups is 1. The molecule has 0 aliphatic heterocycles. The molecule has 0 spiro atoms. The summed E-state index contributed by atoms with van der Waals surface area (Å²) >= 11 is 6.94. The lowest BCUT2D eigenvalue weighted by atomic mass is 10.5. The molecule has 0 unspecified atom stereocenters. The van der Waals surface area contributed by atoms with Gasteiger partial charge < -0.3 is 4.98 Å². The van der Waals surface area contributed by atoms with Gasteiger partial charge in [-0.2, -0.15) is 0 Å². The topological polar surface area (TPSA) is 45.8 Å². The summed E-state index contributed by atoms with van der Waals surface area (Å²) in [5.74, 6) is 1.32. The molecule has 0 bridgehead atoms. The van der Waals surface area contributed by atoms with Crippen LogP contribution in [-0.4, -0.2) is 21.6 Å². The van der Waals surface area contributed by atoms with Gasteiger partial charge in [-0.3, -0.25) is 4.79 Å². The number of hydrogen-bond acceptors (Lipinski definition) is 3. The minimum Gasteiger partial charge on any atom is -0.301 e. The van der Waals surface area contributed by atoms with Crippen LogP contribution in [0.1, 0.15) is 5.69 Å². The number of H-pyrrole nitrogens is 1. The molecule has 0 saturated carbocycles. The highest BCUT2D eigenvalue weighted by Gasteiger charge is 1.97. The minimum atomic E-state index is -0.112. The van der Waals surface area contributed by atoms with E-state index in [0.717, 1.165) is 11.4 Å². The van der Waals surface area contributed by atoms with Crippen molar-refractivity contribution in [2.45, 2.75) is 12.1 Å². The Kier molecular flexibility index (Phi) is 3.62. The molecule has 66 valence electrons. The van der Waals surface area contributed by atoms with E-state index in [2.05, 4.69) is 9.97 Å². The lowest BCUT2D eigenvalue weighted by Gasteiger charge is -1.97. The number of rotatable bonds is 3. The predicted molar refractivity (Wildman–Crippen MR) is 51.0 cm³/mol. The summed E-state index contributed by atoms with van der Waals surface area (Å²) in [5.41, 5.74) is 0.621. The summed E-state index contributed by atoms with van der Waals surface area (Å²) in [5, 5.41) is 0.639. The number of halogens is 1. The van der Waals surface area contributed by atoms with Crippen molar-refractivity contribution in [2.24, 2.45) is 0 Å². The van der Waals surface area contributed by atoms with Crippen LogP contribution in [0.4, 0.5) is 0 Å².